The molecule has 1 heterocycles. The number of aromatic nitrogens is 1. The largest absolute Gasteiger partial charge is 0.492 e. The highest BCUT2D eigenvalue weighted by atomic mass is 16.5. The molecule has 0 atom stereocenters. The van der Waals surface area contributed by atoms with Crippen molar-refractivity contribution in [2.24, 2.45) is 0 Å². The number of ether oxygens (including phenoxy) is 1. The van der Waals surface area contributed by atoms with Crippen molar-refractivity contribution in [3.05, 3.63) is 71.3 Å². The van der Waals surface area contributed by atoms with Crippen molar-refractivity contribution >= 4 is 0 Å². The van der Waals surface area contributed by atoms with E-state index in [1.54, 1.807) is 0 Å². The van der Waals surface area contributed by atoms with Gasteiger partial charge in [-0.3, -0.25) is 4.90 Å². The molecule has 1 aliphatic heterocycles. The second-order valence-electron chi connectivity index (χ2n) is 7.13. The minimum atomic E-state index is 0.680. The molecule has 2 aromatic rings. The second-order valence-corrected chi connectivity index (χ2v) is 7.13. The Hall–Kier alpha value is -2.65. The zero-order valence-corrected chi connectivity index (χ0v) is 15.6. The van der Waals surface area contributed by atoms with Crippen LogP contribution in [0.4, 0.5) is 0 Å². The Kier molecular flexibility index (Phi) is 4.48. The van der Waals surface area contributed by atoms with Crippen molar-refractivity contribution in [2.45, 2.75) is 20.4 Å². The fraction of sp³-hybridized carbons (Fsp3) is 0.261. The molecule has 1 aliphatic carbocycles. The van der Waals surface area contributed by atoms with E-state index in [0.717, 1.165) is 30.2 Å². The van der Waals surface area contributed by atoms with E-state index < -0.39 is 0 Å². The predicted octanol–water partition coefficient (Wildman–Crippen LogP) is 4.86. The van der Waals surface area contributed by atoms with Gasteiger partial charge in [-0.1, -0.05) is 30.3 Å². The van der Waals surface area contributed by atoms with Crippen molar-refractivity contribution in [1.29, 1.82) is 0 Å². The Morgan fingerprint density at radius 3 is 2.27 bits per heavy atom. The zero-order chi connectivity index (χ0) is 18.1. The zero-order valence-electron chi connectivity index (χ0n) is 15.6. The molecule has 0 saturated carbocycles. The highest BCUT2D eigenvalue weighted by Gasteiger charge is 2.19. The summed E-state index contributed by atoms with van der Waals surface area (Å²) < 4.78 is 6.02. The molecule has 0 saturated heterocycles. The van der Waals surface area contributed by atoms with Crippen molar-refractivity contribution in [1.82, 2.24) is 9.88 Å². The minimum absolute atomic E-state index is 0.680. The van der Waals surface area contributed by atoms with Crippen LogP contribution in [0.3, 0.4) is 0 Å². The Morgan fingerprint density at radius 1 is 0.923 bits per heavy atom. The van der Waals surface area contributed by atoms with E-state index in [0.29, 0.717) is 6.61 Å². The van der Waals surface area contributed by atoms with Gasteiger partial charge >= 0.3 is 0 Å². The van der Waals surface area contributed by atoms with Gasteiger partial charge in [0.1, 0.15) is 12.4 Å². The first-order valence-corrected chi connectivity index (χ1v) is 9.09. The average Bonchev–Trinajstić information content (AvgIpc) is 3.21. The maximum Gasteiger partial charge on any atom is 0.119 e. The van der Waals surface area contributed by atoms with Gasteiger partial charge in [-0.05, 0) is 61.9 Å². The highest BCUT2D eigenvalue weighted by Crippen LogP contribution is 2.39. The van der Waals surface area contributed by atoms with Crippen molar-refractivity contribution in [2.75, 3.05) is 20.2 Å². The number of pyridine rings is 1. The van der Waals surface area contributed by atoms with Gasteiger partial charge in [0, 0.05) is 24.2 Å². The summed E-state index contributed by atoms with van der Waals surface area (Å²) in [6, 6.07) is 19.1. The van der Waals surface area contributed by atoms with Gasteiger partial charge in [0.05, 0.1) is 11.4 Å². The third-order valence-electron chi connectivity index (χ3n) is 4.84. The average molecular weight is 344 g/mol. The summed E-state index contributed by atoms with van der Waals surface area (Å²) in [5.74, 6) is 0.937. The maximum atomic E-state index is 6.02. The third kappa shape index (κ3) is 3.63. The SMILES string of the molecule is Cc1cc(OCCN(C)Cc2ccccc2)cc(C)c1-c1cc2cc-2n1. The van der Waals surface area contributed by atoms with E-state index >= 15 is 0 Å². The predicted molar refractivity (Wildman–Crippen MR) is 106 cm³/mol. The van der Waals surface area contributed by atoms with Crippen molar-refractivity contribution < 1.29 is 4.74 Å². The summed E-state index contributed by atoms with van der Waals surface area (Å²) in [4.78, 5) is 6.93. The van der Waals surface area contributed by atoms with E-state index in [9.17, 15) is 0 Å². The standard InChI is InChI=1S/C23H24N2O/c1-16-11-20(12-17(2)23(16)22-14-19-13-21(19)24-22)26-10-9-25(3)15-18-7-5-4-6-8-18/h4-8,11-14H,9-10,15H2,1-3H3. The summed E-state index contributed by atoms with van der Waals surface area (Å²) in [6.07, 6.45) is 0. The normalized spacial score (nSPS) is 11.7. The molecule has 0 bridgehead atoms. The number of hydrogen-bond donors (Lipinski definition) is 0. The van der Waals surface area contributed by atoms with E-state index in [1.165, 1.54) is 27.8 Å². The Bertz CT molecular complexity index is 891. The smallest absolute Gasteiger partial charge is 0.119 e. The molecular weight excluding hydrogens is 320 g/mol. The molecule has 0 amide bonds. The molecule has 0 fully saturated rings. The highest BCUT2D eigenvalue weighted by molar-refractivity contribution is 5.85. The van der Waals surface area contributed by atoms with Gasteiger partial charge in [-0.2, -0.15) is 0 Å². The fourth-order valence-electron chi connectivity index (χ4n) is 3.47. The fourth-order valence-corrected chi connectivity index (χ4v) is 3.47. The van der Waals surface area contributed by atoms with Crippen LogP contribution in [0, 0.1) is 13.8 Å². The maximum absolute atomic E-state index is 6.02. The Labute approximate surface area is 155 Å². The molecule has 3 heteroatoms. The minimum Gasteiger partial charge on any atom is -0.492 e. The van der Waals surface area contributed by atoms with Crippen LogP contribution in [0.25, 0.3) is 22.5 Å². The molecule has 4 rings (SSSR count). The lowest BCUT2D eigenvalue weighted by molar-refractivity contribution is 0.232. The van der Waals surface area contributed by atoms with Crippen LogP contribution in [-0.4, -0.2) is 30.1 Å². The molecule has 2 aliphatic rings. The lowest BCUT2D eigenvalue weighted by atomic mass is 9.99. The molecule has 132 valence electrons. The van der Waals surface area contributed by atoms with Crippen LogP contribution < -0.4 is 4.74 Å². The van der Waals surface area contributed by atoms with Gasteiger partial charge in [0.15, 0.2) is 0 Å². The lowest BCUT2D eigenvalue weighted by Gasteiger charge is -2.18. The quantitative estimate of drug-likeness (QED) is 0.479. The van der Waals surface area contributed by atoms with Gasteiger partial charge in [0.25, 0.3) is 0 Å². The number of fused-ring (bicyclic) bond motifs is 1. The summed E-state index contributed by atoms with van der Waals surface area (Å²) >= 11 is 0. The molecule has 0 radical (unpaired) electrons. The Balaban J connectivity index is 1.36. The van der Waals surface area contributed by atoms with Gasteiger partial charge in [-0.15, -0.1) is 0 Å². The number of aryl methyl sites for hydroxylation is 2. The summed E-state index contributed by atoms with van der Waals surface area (Å²) in [5, 5.41) is 0. The van der Waals surface area contributed by atoms with Crippen LogP contribution in [-0.2, 0) is 6.54 Å². The molecule has 0 aromatic heterocycles. The van der Waals surface area contributed by atoms with E-state index in [1.807, 2.05) is 0 Å². The number of nitrogens with zero attached hydrogens (tertiary/aromatic N) is 2. The van der Waals surface area contributed by atoms with Gasteiger partial charge < -0.3 is 4.74 Å². The lowest BCUT2D eigenvalue weighted by Crippen LogP contribution is -2.23. The van der Waals surface area contributed by atoms with Crippen LogP contribution in [0.2, 0.25) is 0 Å². The van der Waals surface area contributed by atoms with Crippen LogP contribution in [0.1, 0.15) is 16.7 Å². The van der Waals surface area contributed by atoms with Crippen LogP contribution >= 0.6 is 0 Å². The summed E-state index contributed by atoms with van der Waals surface area (Å²) in [6.45, 7) is 6.78. The Morgan fingerprint density at radius 2 is 1.62 bits per heavy atom. The topological polar surface area (TPSA) is 25.4 Å². The molecule has 0 unspecified atom stereocenters. The first-order chi connectivity index (χ1) is 12.6. The molecular formula is C23H24N2O. The van der Waals surface area contributed by atoms with E-state index in [4.69, 9.17) is 4.74 Å². The molecule has 26 heavy (non-hydrogen) atoms. The van der Waals surface area contributed by atoms with E-state index in [-0.39, 0.29) is 0 Å². The van der Waals surface area contributed by atoms with E-state index in [2.05, 4.69) is 85.4 Å². The number of hydrogen-bond acceptors (Lipinski definition) is 3. The monoisotopic (exact) mass is 344 g/mol. The van der Waals surface area contributed by atoms with Crippen LogP contribution in [0.15, 0.2) is 54.6 Å². The molecule has 3 nitrogen and oxygen atoms in total. The van der Waals surface area contributed by atoms with Crippen molar-refractivity contribution in [3.8, 4) is 28.3 Å². The first kappa shape index (κ1) is 16.8. The first-order valence-electron chi connectivity index (χ1n) is 9.09. The second kappa shape index (κ2) is 6.93. The van der Waals surface area contributed by atoms with Crippen LogP contribution in [0.5, 0.6) is 5.75 Å². The van der Waals surface area contributed by atoms with Gasteiger partial charge in [0.2, 0.25) is 0 Å². The number of likely N-dealkylation sites (N-methyl/N-ethyl adjacent to an activating group) is 1. The summed E-state index contributed by atoms with van der Waals surface area (Å²) in [7, 11) is 2.13. The molecule has 0 N–H and O–H groups in total. The third-order valence-corrected chi connectivity index (χ3v) is 4.84. The van der Waals surface area contributed by atoms with Gasteiger partial charge in [-0.25, -0.2) is 4.98 Å². The van der Waals surface area contributed by atoms with Crippen molar-refractivity contribution in [3.63, 3.8) is 0 Å². The summed E-state index contributed by atoms with van der Waals surface area (Å²) in [5.41, 5.74) is 8.50. The number of benzene rings is 2. The number of rotatable bonds is 7. The molecule has 0 spiro atoms. The molecule has 2 aromatic carbocycles.